The third-order valence-electron chi connectivity index (χ3n) is 2.74. The third-order valence-corrected chi connectivity index (χ3v) is 2.97. The molecule has 0 bridgehead atoms. The van der Waals surface area contributed by atoms with Gasteiger partial charge >= 0.3 is 5.97 Å². The lowest BCUT2D eigenvalue weighted by atomic mass is 9.96. The third kappa shape index (κ3) is 4.03. The number of nitrogens with zero attached hydrogens (tertiary/aromatic N) is 1. The average molecular weight is 286 g/mol. The minimum Gasteiger partial charge on any atom is -0.481 e. The van der Waals surface area contributed by atoms with Crippen molar-refractivity contribution >= 4 is 29.0 Å². The molecule has 1 N–H and O–H groups in total. The molecule has 0 radical (unpaired) electrons. The van der Waals surface area contributed by atoms with E-state index in [1.165, 1.54) is 25.1 Å². The summed E-state index contributed by atoms with van der Waals surface area (Å²) in [5.74, 6) is -2.83. The summed E-state index contributed by atoms with van der Waals surface area (Å²) in [6, 6.07) is 4.17. The number of Topliss-reactive ketones (excluding diaryl/α,β-unsaturated/α-hetero) is 1. The number of carboxylic acid groups (broad SMARTS) is 1. The van der Waals surface area contributed by atoms with Crippen LogP contribution in [0.5, 0.6) is 0 Å². The molecule has 0 aliphatic heterocycles. The fourth-order valence-corrected chi connectivity index (χ4v) is 1.89. The first-order chi connectivity index (χ1) is 8.82. The number of aryl methyl sites for hydroxylation is 1. The molecule has 0 aliphatic carbocycles. The second kappa shape index (κ2) is 6.29. The van der Waals surface area contributed by atoms with E-state index in [1.54, 1.807) is 0 Å². The molecule has 19 heavy (non-hydrogen) atoms. The number of carboxylic acids is 1. The Hall–Kier alpha value is -1.95. The first-order valence-electron chi connectivity index (χ1n) is 5.49. The van der Waals surface area contributed by atoms with Crippen molar-refractivity contribution in [3.05, 3.63) is 38.9 Å². The average Bonchev–Trinajstić information content (AvgIpc) is 2.29. The van der Waals surface area contributed by atoms with Crippen molar-refractivity contribution in [2.75, 3.05) is 0 Å². The Morgan fingerprint density at radius 1 is 1.47 bits per heavy atom. The van der Waals surface area contributed by atoms with Gasteiger partial charge in [-0.15, -0.1) is 0 Å². The zero-order chi connectivity index (χ0) is 14.6. The zero-order valence-electron chi connectivity index (χ0n) is 10.1. The summed E-state index contributed by atoms with van der Waals surface area (Å²) in [7, 11) is 0. The number of rotatable bonds is 6. The van der Waals surface area contributed by atoms with Gasteiger partial charge < -0.3 is 5.11 Å². The zero-order valence-corrected chi connectivity index (χ0v) is 10.9. The summed E-state index contributed by atoms with van der Waals surface area (Å²) in [6.07, 6.45) is 0.150. The maximum atomic E-state index is 11.1. The number of aliphatic carboxylic acids is 1. The number of carbonyl (C=O) groups is 2. The van der Waals surface area contributed by atoms with Crippen LogP contribution in [0.4, 0.5) is 5.69 Å². The first kappa shape index (κ1) is 15.1. The summed E-state index contributed by atoms with van der Waals surface area (Å²) in [5.41, 5.74) is 0.196. The quantitative estimate of drug-likeness (QED) is 0.492. The van der Waals surface area contributed by atoms with Crippen LogP contribution in [0.3, 0.4) is 0 Å². The van der Waals surface area contributed by atoms with Gasteiger partial charge in [0.25, 0.3) is 5.69 Å². The van der Waals surface area contributed by atoms with Crippen LogP contribution < -0.4 is 0 Å². The van der Waals surface area contributed by atoms with E-state index in [2.05, 4.69) is 0 Å². The second-order valence-corrected chi connectivity index (χ2v) is 4.51. The predicted molar refractivity (Wildman–Crippen MR) is 68.2 cm³/mol. The van der Waals surface area contributed by atoms with Gasteiger partial charge in [-0.05, 0) is 25.8 Å². The van der Waals surface area contributed by atoms with Gasteiger partial charge in [0.15, 0.2) is 0 Å². The van der Waals surface area contributed by atoms with Crippen LogP contribution in [0, 0.1) is 16.0 Å². The lowest BCUT2D eigenvalue weighted by Crippen LogP contribution is -2.22. The van der Waals surface area contributed by atoms with E-state index in [9.17, 15) is 19.7 Å². The van der Waals surface area contributed by atoms with Gasteiger partial charge in [-0.1, -0.05) is 17.7 Å². The van der Waals surface area contributed by atoms with Crippen LogP contribution in [0.15, 0.2) is 18.2 Å². The molecule has 102 valence electrons. The van der Waals surface area contributed by atoms with Gasteiger partial charge in [-0.2, -0.15) is 0 Å². The number of halogens is 1. The van der Waals surface area contributed by atoms with Crippen molar-refractivity contribution < 1.29 is 19.6 Å². The molecule has 0 saturated carbocycles. The smallest absolute Gasteiger partial charge is 0.314 e. The van der Waals surface area contributed by atoms with Gasteiger partial charge in [0.2, 0.25) is 0 Å². The summed E-state index contributed by atoms with van der Waals surface area (Å²) in [4.78, 5) is 32.3. The van der Waals surface area contributed by atoms with Crippen molar-refractivity contribution in [1.82, 2.24) is 0 Å². The summed E-state index contributed by atoms with van der Waals surface area (Å²) < 4.78 is 0. The molecule has 0 aromatic heterocycles. The molecule has 1 unspecified atom stereocenters. The number of hydrogen-bond donors (Lipinski definition) is 1. The van der Waals surface area contributed by atoms with E-state index in [0.29, 0.717) is 5.56 Å². The monoisotopic (exact) mass is 285 g/mol. The van der Waals surface area contributed by atoms with Crippen LogP contribution in [0.25, 0.3) is 0 Å². The maximum Gasteiger partial charge on any atom is 0.314 e. The van der Waals surface area contributed by atoms with Gasteiger partial charge in [0, 0.05) is 16.7 Å². The highest BCUT2D eigenvalue weighted by Crippen LogP contribution is 2.25. The van der Waals surface area contributed by atoms with Gasteiger partial charge in [0.05, 0.1) is 4.92 Å². The highest BCUT2D eigenvalue weighted by atomic mass is 35.5. The van der Waals surface area contributed by atoms with Crippen molar-refractivity contribution in [2.45, 2.75) is 19.8 Å². The molecule has 7 heteroatoms. The highest BCUT2D eigenvalue weighted by Gasteiger charge is 2.24. The van der Waals surface area contributed by atoms with Gasteiger partial charge in [0.1, 0.15) is 11.7 Å². The number of hydrogen-bond acceptors (Lipinski definition) is 4. The fraction of sp³-hybridized carbons (Fsp3) is 0.333. The number of ketones is 1. The summed E-state index contributed by atoms with van der Waals surface area (Å²) in [6.45, 7) is 1.19. The Balaban J connectivity index is 2.91. The molecule has 1 aromatic rings. The van der Waals surface area contributed by atoms with E-state index in [-0.39, 0.29) is 23.6 Å². The summed E-state index contributed by atoms with van der Waals surface area (Å²) >= 11 is 5.67. The normalized spacial score (nSPS) is 11.9. The topological polar surface area (TPSA) is 97.5 Å². The van der Waals surface area contributed by atoms with E-state index < -0.39 is 22.6 Å². The molecule has 0 heterocycles. The van der Waals surface area contributed by atoms with Crippen LogP contribution in [0.2, 0.25) is 5.02 Å². The van der Waals surface area contributed by atoms with Crippen molar-refractivity contribution in [2.24, 2.45) is 5.92 Å². The molecule has 0 aliphatic rings. The van der Waals surface area contributed by atoms with Gasteiger partial charge in [-0.25, -0.2) is 0 Å². The van der Waals surface area contributed by atoms with Crippen LogP contribution in [0.1, 0.15) is 18.9 Å². The minimum absolute atomic E-state index is 0.0210. The summed E-state index contributed by atoms with van der Waals surface area (Å²) in [5, 5.41) is 20.0. The Morgan fingerprint density at radius 2 is 2.11 bits per heavy atom. The Bertz CT molecular complexity index is 515. The van der Waals surface area contributed by atoms with Crippen LogP contribution in [-0.4, -0.2) is 21.8 Å². The lowest BCUT2D eigenvalue weighted by Gasteiger charge is -2.08. The molecule has 1 rings (SSSR count). The van der Waals surface area contributed by atoms with E-state index in [1.807, 2.05) is 0 Å². The molecule has 0 fully saturated rings. The van der Waals surface area contributed by atoms with Crippen molar-refractivity contribution in [3.63, 3.8) is 0 Å². The van der Waals surface area contributed by atoms with Crippen molar-refractivity contribution in [3.8, 4) is 0 Å². The second-order valence-electron chi connectivity index (χ2n) is 4.07. The fourth-order valence-electron chi connectivity index (χ4n) is 1.72. The largest absolute Gasteiger partial charge is 0.481 e. The SMILES string of the molecule is CC(=O)C(CCc1ccc(Cl)cc1[N+](=O)[O-])C(=O)O. The first-order valence-corrected chi connectivity index (χ1v) is 5.86. The molecule has 0 spiro atoms. The maximum absolute atomic E-state index is 11.1. The standard InChI is InChI=1S/C12H12ClNO5/c1-7(15)10(12(16)17)5-3-8-2-4-9(13)6-11(8)14(18)19/h2,4,6,10H,3,5H2,1H3,(H,16,17). The molecule has 6 nitrogen and oxygen atoms in total. The Morgan fingerprint density at radius 3 is 2.58 bits per heavy atom. The molecular formula is C12H12ClNO5. The van der Waals surface area contributed by atoms with Crippen LogP contribution in [-0.2, 0) is 16.0 Å². The molecular weight excluding hydrogens is 274 g/mol. The molecule has 0 saturated heterocycles. The predicted octanol–water partition coefficient (Wildman–Crippen LogP) is 2.47. The molecule has 0 amide bonds. The Labute approximate surface area is 114 Å². The van der Waals surface area contributed by atoms with Crippen molar-refractivity contribution in [1.29, 1.82) is 0 Å². The lowest BCUT2D eigenvalue weighted by molar-refractivity contribution is -0.385. The molecule has 1 aromatic carbocycles. The molecule has 1 atom stereocenters. The number of carbonyl (C=O) groups excluding carboxylic acids is 1. The highest BCUT2D eigenvalue weighted by molar-refractivity contribution is 6.30. The van der Waals surface area contributed by atoms with Gasteiger partial charge in [-0.3, -0.25) is 19.7 Å². The Kier molecular flexibility index (Phi) is 5.00. The number of nitro groups is 1. The van der Waals surface area contributed by atoms with Crippen LogP contribution >= 0.6 is 11.6 Å². The van der Waals surface area contributed by atoms with E-state index in [4.69, 9.17) is 16.7 Å². The minimum atomic E-state index is -1.22. The number of nitro benzene ring substituents is 1. The van der Waals surface area contributed by atoms with E-state index >= 15 is 0 Å². The number of benzene rings is 1. The van der Waals surface area contributed by atoms with E-state index in [0.717, 1.165) is 0 Å².